The Kier molecular flexibility index (Phi) is 4.64. The minimum absolute atomic E-state index is 0.0425. The summed E-state index contributed by atoms with van der Waals surface area (Å²) in [6, 6.07) is 9.22. The summed E-state index contributed by atoms with van der Waals surface area (Å²) in [7, 11) is 0. The molecule has 0 aliphatic carbocycles. The highest BCUT2D eigenvalue weighted by atomic mass is 79.9. The van der Waals surface area contributed by atoms with Crippen molar-refractivity contribution in [3.05, 3.63) is 34.3 Å². The smallest absolute Gasteiger partial charge is 0.408 e. The van der Waals surface area contributed by atoms with Gasteiger partial charge < -0.3 is 10.1 Å². The van der Waals surface area contributed by atoms with E-state index in [1.807, 2.05) is 24.3 Å². The van der Waals surface area contributed by atoms with Crippen LogP contribution in [-0.4, -0.2) is 12.6 Å². The van der Waals surface area contributed by atoms with Crippen LogP contribution in [0.5, 0.6) is 0 Å². The standard InChI is InChI=1S/C10H9BrN2O2/c11-9-3-1-8(2-4-9)7-15-10(14)13-6-5-12/h1-4H,6-7H2,(H,13,14). The Balaban J connectivity index is 2.34. The molecular weight excluding hydrogens is 260 g/mol. The average Bonchev–Trinajstić information content (AvgIpc) is 2.25. The Labute approximate surface area is 96.0 Å². The first-order valence-electron chi connectivity index (χ1n) is 4.24. The van der Waals surface area contributed by atoms with Crippen LogP contribution >= 0.6 is 15.9 Å². The van der Waals surface area contributed by atoms with Gasteiger partial charge in [0.15, 0.2) is 0 Å². The Bertz CT molecular complexity index is 370. The number of benzene rings is 1. The second-order valence-corrected chi connectivity index (χ2v) is 3.63. The van der Waals surface area contributed by atoms with Gasteiger partial charge in [-0.25, -0.2) is 4.79 Å². The number of hydrogen-bond acceptors (Lipinski definition) is 3. The topological polar surface area (TPSA) is 62.1 Å². The molecule has 0 bridgehead atoms. The third-order valence-electron chi connectivity index (χ3n) is 1.59. The van der Waals surface area contributed by atoms with Crippen molar-refractivity contribution in [1.29, 1.82) is 5.26 Å². The van der Waals surface area contributed by atoms with E-state index in [9.17, 15) is 4.79 Å². The van der Waals surface area contributed by atoms with Crippen LogP contribution in [-0.2, 0) is 11.3 Å². The van der Waals surface area contributed by atoms with E-state index in [2.05, 4.69) is 21.2 Å². The van der Waals surface area contributed by atoms with E-state index in [0.717, 1.165) is 10.0 Å². The number of carbonyl (C=O) groups is 1. The fraction of sp³-hybridized carbons (Fsp3) is 0.200. The monoisotopic (exact) mass is 268 g/mol. The predicted octanol–water partition coefficient (Wildman–Crippen LogP) is 2.20. The molecule has 0 radical (unpaired) electrons. The lowest BCUT2D eigenvalue weighted by atomic mass is 10.2. The second kappa shape index (κ2) is 6.04. The number of ether oxygens (including phenoxy) is 1. The molecule has 0 heterocycles. The molecule has 1 aromatic rings. The zero-order valence-electron chi connectivity index (χ0n) is 7.87. The van der Waals surface area contributed by atoms with Crippen molar-refractivity contribution in [3.8, 4) is 6.07 Å². The maximum absolute atomic E-state index is 10.9. The third kappa shape index (κ3) is 4.47. The SMILES string of the molecule is N#CCNC(=O)OCc1ccc(Br)cc1. The van der Waals surface area contributed by atoms with Crippen molar-refractivity contribution in [3.63, 3.8) is 0 Å². The number of nitrogens with zero attached hydrogens (tertiary/aromatic N) is 1. The summed E-state index contributed by atoms with van der Waals surface area (Å²) in [4.78, 5) is 10.9. The van der Waals surface area contributed by atoms with Gasteiger partial charge in [0, 0.05) is 4.47 Å². The molecule has 0 fully saturated rings. The Morgan fingerprint density at radius 2 is 2.13 bits per heavy atom. The van der Waals surface area contributed by atoms with E-state index < -0.39 is 6.09 Å². The van der Waals surface area contributed by atoms with Crippen molar-refractivity contribution >= 4 is 22.0 Å². The lowest BCUT2D eigenvalue weighted by Crippen LogP contribution is -2.24. The van der Waals surface area contributed by atoms with Crippen molar-refractivity contribution < 1.29 is 9.53 Å². The van der Waals surface area contributed by atoms with Crippen LogP contribution in [0, 0.1) is 11.3 Å². The maximum Gasteiger partial charge on any atom is 0.408 e. The van der Waals surface area contributed by atoms with Crippen LogP contribution in [0.4, 0.5) is 4.79 Å². The number of nitrogens with one attached hydrogen (secondary N) is 1. The summed E-state index contributed by atoms with van der Waals surface area (Å²) >= 11 is 3.30. The van der Waals surface area contributed by atoms with E-state index in [1.165, 1.54) is 0 Å². The zero-order valence-corrected chi connectivity index (χ0v) is 9.45. The fourth-order valence-corrected chi connectivity index (χ4v) is 1.16. The number of nitriles is 1. The van der Waals surface area contributed by atoms with Crippen LogP contribution < -0.4 is 5.32 Å². The van der Waals surface area contributed by atoms with Gasteiger partial charge >= 0.3 is 6.09 Å². The summed E-state index contributed by atoms with van der Waals surface area (Å²) in [5.41, 5.74) is 0.894. The number of carbonyl (C=O) groups excluding carboxylic acids is 1. The molecule has 1 aromatic carbocycles. The largest absolute Gasteiger partial charge is 0.445 e. The van der Waals surface area contributed by atoms with Crippen molar-refractivity contribution in [2.24, 2.45) is 0 Å². The van der Waals surface area contributed by atoms with Crippen molar-refractivity contribution in [2.75, 3.05) is 6.54 Å². The molecule has 1 amide bonds. The third-order valence-corrected chi connectivity index (χ3v) is 2.12. The molecule has 0 aliphatic heterocycles. The Morgan fingerprint density at radius 3 is 2.73 bits per heavy atom. The quantitative estimate of drug-likeness (QED) is 0.855. The molecule has 0 aromatic heterocycles. The highest BCUT2D eigenvalue weighted by molar-refractivity contribution is 9.10. The van der Waals surface area contributed by atoms with Gasteiger partial charge in [-0.1, -0.05) is 28.1 Å². The van der Waals surface area contributed by atoms with E-state index in [1.54, 1.807) is 6.07 Å². The molecule has 4 nitrogen and oxygen atoms in total. The highest BCUT2D eigenvalue weighted by Gasteiger charge is 2.00. The molecule has 1 N–H and O–H groups in total. The molecule has 5 heteroatoms. The molecule has 1 rings (SSSR count). The summed E-state index contributed by atoms with van der Waals surface area (Å²) in [6.45, 7) is 0.156. The van der Waals surface area contributed by atoms with Crippen LogP contribution in [0.15, 0.2) is 28.7 Å². The molecule has 15 heavy (non-hydrogen) atoms. The molecule has 0 spiro atoms. The summed E-state index contributed by atoms with van der Waals surface area (Å²) in [5.74, 6) is 0. The normalized spacial score (nSPS) is 9.07. The van der Waals surface area contributed by atoms with Gasteiger partial charge in [0.25, 0.3) is 0 Å². The number of halogens is 1. The summed E-state index contributed by atoms with van der Waals surface area (Å²) in [5, 5.41) is 10.5. The number of alkyl carbamates (subject to hydrolysis) is 1. The minimum atomic E-state index is -0.584. The van der Waals surface area contributed by atoms with Crippen molar-refractivity contribution in [2.45, 2.75) is 6.61 Å². The molecule has 78 valence electrons. The van der Waals surface area contributed by atoms with Crippen LogP contribution in [0.1, 0.15) is 5.56 Å². The van der Waals surface area contributed by atoms with Crippen LogP contribution in [0.3, 0.4) is 0 Å². The highest BCUT2D eigenvalue weighted by Crippen LogP contribution is 2.10. The average molecular weight is 269 g/mol. The van der Waals surface area contributed by atoms with Gasteiger partial charge in [0.05, 0.1) is 6.07 Å². The first kappa shape index (κ1) is 11.5. The molecule has 0 unspecified atom stereocenters. The lowest BCUT2D eigenvalue weighted by Gasteiger charge is -2.04. The van der Waals surface area contributed by atoms with Gasteiger partial charge in [-0.15, -0.1) is 0 Å². The fourth-order valence-electron chi connectivity index (χ4n) is 0.892. The van der Waals surface area contributed by atoms with E-state index in [4.69, 9.17) is 10.00 Å². The lowest BCUT2D eigenvalue weighted by molar-refractivity contribution is 0.141. The second-order valence-electron chi connectivity index (χ2n) is 2.71. The summed E-state index contributed by atoms with van der Waals surface area (Å²) < 4.78 is 5.83. The van der Waals surface area contributed by atoms with Crippen LogP contribution in [0.25, 0.3) is 0 Å². The molecule has 0 saturated carbocycles. The van der Waals surface area contributed by atoms with Crippen molar-refractivity contribution in [1.82, 2.24) is 5.32 Å². The van der Waals surface area contributed by atoms with Gasteiger partial charge in [-0.2, -0.15) is 5.26 Å². The molecule has 0 aliphatic rings. The summed E-state index contributed by atoms with van der Waals surface area (Å²) in [6.07, 6.45) is -0.584. The van der Waals surface area contributed by atoms with E-state index in [-0.39, 0.29) is 13.2 Å². The minimum Gasteiger partial charge on any atom is -0.445 e. The Hall–Kier alpha value is -1.54. The first-order chi connectivity index (χ1) is 7.22. The first-order valence-corrected chi connectivity index (χ1v) is 5.03. The molecular formula is C10H9BrN2O2. The van der Waals surface area contributed by atoms with E-state index >= 15 is 0 Å². The van der Waals surface area contributed by atoms with Gasteiger partial charge in [-0.3, -0.25) is 0 Å². The van der Waals surface area contributed by atoms with Gasteiger partial charge in [0.1, 0.15) is 13.2 Å². The molecule has 0 atom stereocenters. The maximum atomic E-state index is 10.9. The van der Waals surface area contributed by atoms with Gasteiger partial charge in [-0.05, 0) is 17.7 Å². The van der Waals surface area contributed by atoms with E-state index in [0.29, 0.717) is 0 Å². The number of rotatable bonds is 3. The molecule has 0 saturated heterocycles. The zero-order chi connectivity index (χ0) is 11.1. The number of amides is 1. The van der Waals surface area contributed by atoms with Crippen LogP contribution in [0.2, 0.25) is 0 Å². The Morgan fingerprint density at radius 1 is 1.47 bits per heavy atom. The predicted molar refractivity (Wildman–Crippen MR) is 57.9 cm³/mol. The number of hydrogen-bond donors (Lipinski definition) is 1. The van der Waals surface area contributed by atoms with Gasteiger partial charge in [0.2, 0.25) is 0 Å².